The number of fused-ring (bicyclic) bond motifs is 15. The molecule has 0 bridgehead atoms. The third kappa shape index (κ3) is 13.9. The lowest BCUT2D eigenvalue weighted by Gasteiger charge is -2.09. The van der Waals surface area contributed by atoms with Gasteiger partial charge in [0.25, 0.3) is 0 Å². The van der Waals surface area contributed by atoms with Gasteiger partial charge in [0, 0.05) is 88.8 Å². The highest BCUT2D eigenvalue weighted by atomic mass is 16.4. The van der Waals surface area contributed by atoms with Gasteiger partial charge in [-0.25, -0.2) is 59.8 Å². The van der Waals surface area contributed by atoms with Crippen LogP contribution in [-0.2, 0) is 0 Å². The second-order valence-electron chi connectivity index (χ2n) is 30.4. The number of furan rings is 1. The lowest BCUT2D eigenvalue weighted by atomic mass is 9.97. The van der Waals surface area contributed by atoms with E-state index in [-0.39, 0.29) is 0 Å². The summed E-state index contributed by atoms with van der Waals surface area (Å²) in [6, 6.07) is 130. The van der Waals surface area contributed by atoms with Crippen molar-refractivity contribution in [2.45, 2.75) is 0 Å². The van der Waals surface area contributed by atoms with Crippen LogP contribution in [0.15, 0.2) is 412 Å². The van der Waals surface area contributed by atoms with Crippen molar-refractivity contribution in [1.29, 1.82) is 0 Å². The van der Waals surface area contributed by atoms with Gasteiger partial charge in [-0.2, -0.15) is 0 Å². The summed E-state index contributed by atoms with van der Waals surface area (Å²) in [5, 5.41) is 12.8. The van der Waals surface area contributed by atoms with Gasteiger partial charge in [0.15, 0.2) is 69.2 Å². The number of rotatable bonds is 12. The van der Waals surface area contributed by atoms with Crippen LogP contribution in [0.1, 0.15) is 0 Å². The third-order valence-corrected chi connectivity index (χ3v) is 22.5. The minimum absolute atomic E-state index is 0.492. The monoisotopic (exact) mass is 1620 g/mol. The Morgan fingerprint density at radius 1 is 0.167 bits per heavy atom. The molecule has 0 unspecified atom stereocenters. The zero-order valence-corrected chi connectivity index (χ0v) is 67.0. The van der Waals surface area contributed by atoms with Crippen LogP contribution in [0.25, 0.3) is 246 Å². The first-order valence-corrected chi connectivity index (χ1v) is 41.2. The van der Waals surface area contributed by atoms with E-state index in [0.29, 0.717) is 87.0 Å². The van der Waals surface area contributed by atoms with Crippen molar-refractivity contribution < 1.29 is 17.7 Å². The summed E-state index contributed by atoms with van der Waals surface area (Å²) in [5.41, 5.74) is 16.8. The second-order valence-corrected chi connectivity index (χ2v) is 30.4. The average molecular weight is 1620 g/mol. The minimum Gasteiger partial charge on any atom is -0.455 e. The third-order valence-electron chi connectivity index (χ3n) is 22.5. The van der Waals surface area contributed by atoms with Crippen molar-refractivity contribution in [1.82, 2.24) is 64.8 Å². The largest absolute Gasteiger partial charge is 0.455 e. The summed E-state index contributed by atoms with van der Waals surface area (Å²) in [5.74, 6) is 7.15. The molecule has 0 amide bonds. The molecule has 0 aliphatic carbocycles. The molecule has 590 valence electrons. The first-order valence-electron chi connectivity index (χ1n) is 41.2. The summed E-state index contributed by atoms with van der Waals surface area (Å²) in [6.07, 6.45) is 1.73. The molecular weight excluding hydrogens is 1560 g/mol. The summed E-state index contributed by atoms with van der Waals surface area (Å²) < 4.78 is 25.1. The lowest BCUT2D eigenvalue weighted by Crippen LogP contribution is -2.00. The Bertz CT molecular complexity index is 8300. The maximum absolute atomic E-state index is 6.47. The fourth-order valence-electron chi connectivity index (χ4n) is 16.3. The molecule has 0 aliphatic heterocycles. The van der Waals surface area contributed by atoms with Crippen molar-refractivity contribution in [3.8, 4) is 137 Å². The fourth-order valence-corrected chi connectivity index (χ4v) is 16.3. The average Bonchev–Trinajstić information content (AvgIpc) is 1.58. The van der Waals surface area contributed by atoms with E-state index in [1.54, 1.807) is 6.20 Å². The number of aromatic nitrogens is 13. The van der Waals surface area contributed by atoms with Crippen LogP contribution < -0.4 is 0 Å². The van der Waals surface area contributed by atoms with Crippen molar-refractivity contribution >= 4 is 109 Å². The second kappa shape index (κ2) is 31.5. The van der Waals surface area contributed by atoms with Gasteiger partial charge >= 0.3 is 0 Å². The van der Waals surface area contributed by atoms with E-state index in [0.717, 1.165) is 148 Å². The summed E-state index contributed by atoms with van der Waals surface area (Å²) in [6.45, 7) is 0. The summed E-state index contributed by atoms with van der Waals surface area (Å²) >= 11 is 0. The highest BCUT2D eigenvalue weighted by molar-refractivity contribution is 6.15. The Morgan fingerprint density at radius 2 is 0.492 bits per heavy atom. The van der Waals surface area contributed by atoms with Crippen LogP contribution >= 0.6 is 0 Å². The number of pyridine rings is 1. The van der Waals surface area contributed by atoms with Crippen LogP contribution in [0.3, 0.4) is 0 Å². The van der Waals surface area contributed by atoms with Crippen molar-refractivity contribution in [3.63, 3.8) is 0 Å². The topological polar surface area (TPSA) is 220 Å². The van der Waals surface area contributed by atoms with Crippen LogP contribution in [0, 0.1) is 0 Å². The molecule has 25 aromatic rings. The molecule has 126 heavy (non-hydrogen) atoms. The predicted octanol–water partition coefficient (Wildman–Crippen LogP) is 27.1. The molecule has 17 nitrogen and oxygen atoms in total. The van der Waals surface area contributed by atoms with Gasteiger partial charge in [-0.15, -0.1) is 0 Å². The van der Waals surface area contributed by atoms with E-state index in [4.69, 9.17) is 77.5 Å². The highest BCUT2D eigenvalue weighted by Gasteiger charge is 2.24. The van der Waals surface area contributed by atoms with Gasteiger partial charge in [-0.05, 0) is 104 Å². The number of hydrogen-bond donors (Lipinski definition) is 0. The Balaban J connectivity index is 0.000000109. The lowest BCUT2D eigenvalue weighted by molar-refractivity contribution is 0.615. The smallest absolute Gasteiger partial charge is 0.246 e. The van der Waals surface area contributed by atoms with Gasteiger partial charge < -0.3 is 17.7 Å². The molecular formula is C109H65N13O4. The normalized spacial score (nSPS) is 11.5. The van der Waals surface area contributed by atoms with Crippen molar-refractivity contribution in [2.75, 3.05) is 0 Å². The quantitative estimate of drug-likeness (QED) is 0.104. The maximum atomic E-state index is 6.47. The first-order chi connectivity index (χ1) is 62.4. The van der Waals surface area contributed by atoms with Crippen LogP contribution in [0.4, 0.5) is 0 Å². The number of oxazole rings is 3. The molecule has 0 N–H and O–H groups in total. The Hall–Kier alpha value is -17.6. The fraction of sp³-hybridized carbons (Fsp3) is 0. The molecule has 17 aromatic carbocycles. The van der Waals surface area contributed by atoms with E-state index in [9.17, 15) is 0 Å². The molecule has 8 heterocycles. The SMILES string of the molecule is c1ccc(-c2nc(-c3ccccc3)nc(-c3ccc4ccc5oc(-c6cc7ccccc7c7ccccc67)nc5c4c3)n2)cc1.c1ccc(-c2nc(-c3ccccc3)nc(-c3ccc4ccc5oc(-c6cccc7c6oc6ccccc67)nc5c4c3)n2)cc1.c1ccc(-c2nc(-c3ccccc3)nc(-c3ccc4ccc5oc(-c6ccccn6)nc5c4c3)n2)cc1. The van der Waals surface area contributed by atoms with Crippen molar-refractivity contribution in [2.24, 2.45) is 0 Å². The van der Waals surface area contributed by atoms with E-state index in [2.05, 4.69) is 126 Å². The van der Waals surface area contributed by atoms with Gasteiger partial charge in [-0.1, -0.05) is 322 Å². The molecule has 0 saturated heterocycles. The molecule has 0 fully saturated rings. The van der Waals surface area contributed by atoms with Gasteiger partial charge in [0.2, 0.25) is 17.7 Å². The van der Waals surface area contributed by atoms with Crippen LogP contribution in [0.2, 0.25) is 0 Å². The van der Waals surface area contributed by atoms with Gasteiger partial charge in [-0.3, -0.25) is 4.98 Å². The predicted molar refractivity (Wildman–Crippen MR) is 500 cm³/mol. The van der Waals surface area contributed by atoms with Crippen LogP contribution in [0.5, 0.6) is 0 Å². The number of nitrogens with zero attached hydrogens (tertiary/aromatic N) is 13. The first kappa shape index (κ1) is 73.6. The number of hydrogen-bond acceptors (Lipinski definition) is 17. The van der Waals surface area contributed by atoms with E-state index in [1.807, 2.05) is 267 Å². The standard InChI is InChI=1S/C40H24N4O.C38H22N4O2.C31H19N5O/c1-3-11-26(12-4-1)37-42-38(27-13-5-2-6-14-27)44-39(43-37)29-20-19-25-21-22-35-36(33(25)24-29)41-40(45-35)34-23-28-15-7-8-16-30(28)31-17-9-10-18-32(31)34;1-3-10-24(11-4-1)35-40-36(25-12-5-2-6-13-25)42-37(41-35)26-19-18-23-20-21-32-33(30(23)22-26)39-38(44-32)29-16-9-15-28-27-14-7-8-17-31(27)43-34(28)29;1-3-9-21(10-4-1)28-34-29(22-11-5-2-6-12-22)36-30(35-28)23-15-14-20-16-17-26-27(24(20)19-23)33-31(37-26)25-13-7-8-18-32-25/h1-24H;1-22H;1-19H. The molecule has 8 aromatic heterocycles. The molecule has 25 rings (SSSR count). The molecule has 0 aliphatic rings. The Labute approximate surface area is 718 Å². The Morgan fingerprint density at radius 3 is 0.905 bits per heavy atom. The highest BCUT2D eigenvalue weighted by Crippen LogP contribution is 2.43. The molecule has 0 spiro atoms. The molecule has 17 heteroatoms. The van der Waals surface area contributed by atoms with E-state index >= 15 is 0 Å². The van der Waals surface area contributed by atoms with E-state index < -0.39 is 0 Å². The van der Waals surface area contributed by atoms with Gasteiger partial charge in [0.05, 0.1) is 5.56 Å². The van der Waals surface area contributed by atoms with Crippen molar-refractivity contribution in [3.05, 3.63) is 394 Å². The minimum atomic E-state index is 0.492. The van der Waals surface area contributed by atoms with Crippen LogP contribution in [-0.4, -0.2) is 64.8 Å². The zero-order chi connectivity index (χ0) is 83.4. The summed E-state index contributed by atoms with van der Waals surface area (Å²) in [4.78, 5) is 63.2. The molecule has 0 radical (unpaired) electrons. The molecule has 0 atom stereocenters. The Kier molecular flexibility index (Phi) is 18.4. The maximum Gasteiger partial charge on any atom is 0.246 e. The molecule has 0 saturated carbocycles. The zero-order valence-electron chi connectivity index (χ0n) is 67.0. The number of benzene rings is 17. The van der Waals surface area contributed by atoms with E-state index in [1.165, 1.54) is 10.8 Å². The number of para-hydroxylation sites is 2. The summed E-state index contributed by atoms with van der Waals surface area (Å²) in [7, 11) is 0. The van der Waals surface area contributed by atoms with Gasteiger partial charge in [0.1, 0.15) is 33.4 Å².